The Bertz CT molecular complexity index is 558. The molecule has 1 aliphatic rings. The molecule has 1 aliphatic heterocycles. The van der Waals surface area contributed by atoms with Crippen LogP contribution in [0.25, 0.3) is 0 Å². The molecule has 2 rings (SSSR count). The van der Waals surface area contributed by atoms with E-state index in [1.807, 2.05) is 0 Å². The summed E-state index contributed by atoms with van der Waals surface area (Å²) in [6.45, 7) is 1.91. The Morgan fingerprint density at radius 3 is 2.67 bits per heavy atom. The Kier molecular flexibility index (Phi) is 4.22. The van der Waals surface area contributed by atoms with E-state index in [0.29, 0.717) is 30.7 Å². The molecule has 0 saturated carbocycles. The van der Waals surface area contributed by atoms with E-state index in [-0.39, 0.29) is 5.69 Å². The van der Waals surface area contributed by atoms with Crippen molar-refractivity contribution in [1.29, 1.82) is 0 Å². The lowest BCUT2D eigenvalue weighted by molar-refractivity contribution is -0.145. The second-order valence-electron chi connectivity index (χ2n) is 4.86. The fraction of sp³-hybridized carbons (Fsp3) is 0.583. The molecule has 0 unspecified atom stereocenters. The van der Waals surface area contributed by atoms with Crippen molar-refractivity contribution in [3.05, 3.63) is 16.1 Å². The third-order valence-corrected chi connectivity index (χ3v) is 4.42. The van der Waals surface area contributed by atoms with Crippen molar-refractivity contribution in [2.45, 2.75) is 32.0 Å². The average Bonchev–Trinajstić information content (AvgIpc) is 2.87. The maximum Gasteiger partial charge on any atom is 0.443 e. The summed E-state index contributed by atoms with van der Waals surface area (Å²) < 4.78 is 37.5. The van der Waals surface area contributed by atoms with E-state index in [1.165, 1.54) is 4.90 Å². The van der Waals surface area contributed by atoms with Gasteiger partial charge in [-0.05, 0) is 19.8 Å². The lowest BCUT2D eigenvalue weighted by Gasteiger charge is -2.37. The van der Waals surface area contributed by atoms with Crippen molar-refractivity contribution in [3.8, 4) is 0 Å². The van der Waals surface area contributed by atoms with Gasteiger partial charge >= 0.3 is 12.1 Å². The number of carboxylic acid groups (broad SMARTS) is 1. The van der Waals surface area contributed by atoms with Crippen molar-refractivity contribution in [2.24, 2.45) is 5.92 Å². The molecule has 0 aromatic carbocycles. The van der Waals surface area contributed by atoms with E-state index >= 15 is 0 Å². The maximum atomic E-state index is 12.5. The number of carboxylic acids is 1. The molecule has 2 heterocycles. The maximum absolute atomic E-state index is 12.5. The van der Waals surface area contributed by atoms with E-state index in [4.69, 9.17) is 5.11 Å². The lowest BCUT2D eigenvalue weighted by atomic mass is 9.90. The highest BCUT2D eigenvalue weighted by Crippen LogP contribution is 2.32. The number of thiazole rings is 1. The molecule has 116 valence electrons. The second kappa shape index (κ2) is 5.63. The van der Waals surface area contributed by atoms with Crippen LogP contribution in [0, 0.1) is 5.92 Å². The summed E-state index contributed by atoms with van der Waals surface area (Å²) in [6.07, 6.45) is -3.63. The summed E-state index contributed by atoms with van der Waals surface area (Å²) in [5.74, 6) is -2.36. The summed E-state index contributed by atoms with van der Waals surface area (Å²) in [7, 11) is 0. The fourth-order valence-corrected chi connectivity index (χ4v) is 3.07. The summed E-state index contributed by atoms with van der Waals surface area (Å²) in [5.41, 5.74) is -0.287. The highest BCUT2D eigenvalue weighted by Gasteiger charge is 2.38. The van der Waals surface area contributed by atoms with Crippen molar-refractivity contribution < 1.29 is 27.9 Å². The first-order valence-corrected chi connectivity index (χ1v) is 7.16. The Morgan fingerprint density at radius 2 is 2.14 bits per heavy atom. The minimum atomic E-state index is -4.58. The zero-order valence-corrected chi connectivity index (χ0v) is 11.9. The zero-order chi connectivity index (χ0) is 15.8. The Hall–Kier alpha value is -1.64. The molecule has 1 aromatic heterocycles. The molecular formula is C12H13F3N2O3S. The Labute approximate surface area is 122 Å². The fourth-order valence-electron chi connectivity index (χ4n) is 2.41. The van der Waals surface area contributed by atoms with Gasteiger partial charge in [-0.25, -0.2) is 4.98 Å². The highest BCUT2D eigenvalue weighted by atomic mass is 32.1. The molecule has 0 bridgehead atoms. The zero-order valence-electron chi connectivity index (χ0n) is 11.1. The molecule has 21 heavy (non-hydrogen) atoms. The molecule has 2 atom stereocenters. The van der Waals surface area contributed by atoms with E-state index in [0.717, 1.165) is 5.38 Å². The summed E-state index contributed by atoms with van der Waals surface area (Å²) in [5, 5.41) is 9.07. The van der Waals surface area contributed by atoms with Gasteiger partial charge < -0.3 is 10.0 Å². The Morgan fingerprint density at radius 1 is 1.48 bits per heavy atom. The van der Waals surface area contributed by atoms with Crippen LogP contribution in [-0.4, -0.2) is 39.5 Å². The van der Waals surface area contributed by atoms with Gasteiger partial charge in [0.05, 0.1) is 5.92 Å². The topological polar surface area (TPSA) is 70.5 Å². The molecule has 0 radical (unpaired) electrons. The molecule has 0 spiro atoms. The number of aliphatic carboxylic acids is 1. The quantitative estimate of drug-likeness (QED) is 0.908. The van der Waals surface area contributed by atoms with Crippen LogP contribution in [0.15, 0.2) is 5.38 Å². The van der Waals surface area contributed by atoms with Crippen LogP contribution in [0.1, 0.15) is 35.3 Å². The van der Waals surface area contributed by atoms with Gasteiger partial charge in [0.2, 0.25) is 0 Å². The first-order chi connectivity index (χ1) is 9.71. The lowest BCUT2D eigenvalue weighted by Crippen LogP contribution is -2.49. The van der Waals surface area contributed by atoms with Crippen LogP contribution in [0.2, 0.25) is 0 Å². The van der Waals surface area contributed by atoms with E-state index in [9.17, 15) is 22.8 Å². The number of nitrogens with zero attached hydrogens (tertiary/aromatic N) is 2. The molecule has 9 heteroatoms. The third-order valence-electron chi connectivity index (χ3n) is 3.53. The van der Waals surface area contributed by atoms with Gasteiger partial charge in [0, 0.05) is 18.0 Å². The van der Waals surface area contributed by atoms with Crippen molar-refractivity contribution >= 4 is 23.2 Å². The number of carbonyl (C=O) groups excluding carboxylic acids is 1. The smallest absolute Gasteiger partial charge is 0.443 e. The van der Waals surface area contributed by atoms with E-state index in [2.05, 4.69) is 4.98 Å². The molecule has 5 nitrogen and oxygen atoms in total. The summed E-state index contributed by atoms with van der Waals surface area (Å²) >= 11 is 0.357. The second-order valence-corrected chi connectivity index (χ2v) is 5.72. The van der Waals surface area contributed by atoms with Gasteiger partial charge in [0.25, 0.3) is 5.91 Å². The molecule has 1 fully saturated rings. The first kappa shape index (κ1) is 15.7. The standard InChI is InChI=1S/C12H13F3N2O3S/c1-6-7(10(19)20)3-2-4-17(6)9(18)8-5-21-11(16-8)12(13,14)15/h5-7H,2-4H2,1H3,(H,19,20)/t6-,7-/m1/s1. The van der Waals surface area contributed by atoms with Crippen LogP contribution in [0.3, 0.4) is 0 Å². The first-order valence-electron chi connectivity index (χ1n) is 6.28. The minimum Gasteiger partial charge on any atom is -0.481 e. The van der Waals surface area contributed by atoms with Crippen molar-refractivity contribution in [1.82, 2.24) is 9.88 Å². The number of hydrogen-bond acceptors (Lipinski definition) is 4. The number of aromatic nitrogens is 1. The predicted octanol–water partition coefficient (Wildman–Crippen LogP) is 2.49. The largest absolute Gasteiger partial charge is 0.481 e. The normalized spacial score (nSPS) is 23.1. The SMILES string of the molecule is C[C@@H]1[C@H](C(=O)O)CCCN1C(=O)c1csc(C(F)(F)F)n1. The van der Waals surface area contributed by atoms with Gasteiger partial charge in [0.15, 0.2) is 5.01 Å². The molecule has 1 amide bonds. The van der Waals surface area contributed by atoms with Crippen LogP contribution < -0.4 is 0 Å². The van der Waals surface area contributed by atoms with Crippen LogP contribution in [-0.2, 0) is 11.0 Å². The van der Waals surface area contributed by atoms with Gasteiger partial charge in [-0.2, -0.15) is 13.2 Å². The molecule has 1 N–H and O–H groups in total. The number of amides is 1. The molecular weight excluding hydrogens is 309 g/mol. The monoisotopic (exact) mass is 322 g/mol. The number of carbonyl (C=O) groups is 2. The number of piperidine rings is 1. The number of likely N-dealkylation sites (tertiary alicyclic amines) is 1. The number of halogens is 3. The minimum absolute atomic E-state index is 0.287. The van der Waals surface area contributed by atoms with E-state index in [1.54, 1.807) is 6.92 Å². The number of hydrogen-bond donors (Lipinski definition) is 1. The van der Waals surface area contributed by atoms with Gasteiger partial charge in [-0.3, -0.25) is 9.59 Å². The molecule has 0 aliphatic carbocycles. The van der Waals surface area contributed by atoms with Gasteiger partial charge in [-0.15, -0.1) is 11.3 Å². The number of rotatable bonds is 2. The summed E-state index contributed by atoms with van der Waals surface area (Å²) in [4.78, 5) is 27.9. The van der Waals surface area contributed by atoms with Crippen LogP contribution in [0.4, 0.5) is 13.2 Å². The average molecular weight is 322 g/mol. The number of alkyl halides is 3. The van der Waals surface area contributed by atoms with Crippen molar-refractivity contribution in [3.63, 3.8) is 0 Å². The predicted molar refractivity (Wildman–Crippen MR) is 68.0 cm³/mol. The van der Waals surface area contributed by atoms with Crippen molar-refractivity contribution in [2.75, 3.05) is 6.54 Å². The summed E-state index contributed by atoms with van der Waals surface area (Å²) in [6, 6.07) is -0.570. The third kappa shape index (κ3) is 3.17. The molecule has 1 saturated heterocycles. The van der Waals surface area contributed by atoms with E-state index < -0.39 is 35.0 Å². The highest BCUT2D eigenvalue weighted by molar-refractivity contribution is 7.09. The molecule has 1 aromatic rings. The van der Waals surface area contributed by atoms with Crippen LogP contribution in [0.5, 0.6) is 0 Å². The Balaban J connectivity index is 2.19. The van der Waals surface area contributed by atoms with Gasteiger partial charge in [-0.1, -0.05) is 0 Å². The van der Waals surface area contributed by atoms with Gasteiger partial charge in [0.1, 0.15) is 5.69 Å². The van der Waals surface area contributed by atoms with Crippen LogP contribution >= 0.6 is 11.3 Å².